The summed E-state index contributed by atoms with van der Waals surface area (Å²) in [6, 6.07) is 0.445. The van der Waals surface area contributed by atoms with E-state index < -0.39 is 0 Å². The van der Waals surface area contributed by atoms with Gasteiger partial charge >= 0.3 is 0 Å². The summed E-state index contributed by atoms with van der Waals surface area (Å²) in [5.74, 6) is 1.02. The predicted octanol–water partition coefficient (Wildman–Crippen LogP) is 1.63. The van der Waals surface area contributed by atoms with Crippen molar-refractivity contribution >= 4 is 34.7 Å². The van der Waals surface area contributed by atoms with E-state index in [0.717, 1.165) is 11.3 Å². The second kappa shape index (κ2) is 4.64. The SMILES string of the molecule is CSC1CCCC1Nc1nc(N)nc2nc[nH]c12. The van der Waals surface area contributed by atoms with Gasteiger partial charge in [-0.3, -0.25) is 0 Å². The van der Waals surface area contributed by atoms with Crippen LogP contribution in [0.25, 0.3) is 11.2 Å². The largest absolute Gasteiger partial charge is 0.368 e. The van der Waals surface area contributed by atoms with Gasteiger partial charge in [-0.1, -0.05) is 6.42 Å². The van der Waals surface area contributed by atoms with Crippen LogP contribution in [0.1, 0.15) is 19.3 Å². The van der Waals surface area contributed by atoms with Gasteiger partial charge in [-0.25, -0.2) is 4.98 Å². The Morgan fingerprint density at radius 3 is 3.17 bits per heavy atom. The molecule has 2 aromatic heterocycles. The Kier molecular flexibility index (Phi) is 2.99. The van der Waals surface area contributed by atoms with Gasteiger partial charge in [-0.15, -0.1) is 0 Å². The van der Waals surface area contributed by atoms with Crippen molar-refractivity contribution in [1.29, 1.82) is 0 Å². The van der Waals surface area contributed by atoms with Crippen LogP contribution in [-0.2, 0) is 0 Å². The van der Waals surface area contributed by atoms with Gasteiger partial charge < -0.3 is 16.0 Å². The van der Waals surface area contributed by atoms with Crippen molar-refractivity contribution in [1.82, 2.24) is 19.9 Å². The summed E-state index contributed by atoms with van der Waals surface area (Å²) in [6.45, 7) is 0. The lowest BCUT2D eigenvalue weighted by atomic mass is 10.2. The van der Waals surface area contributed by atoms with Crippen molar-refractivity contribution in [3.8, 4) is 0 Å². The number of anilines is 2. The molecule has 1 saturated carbocycles. The molecule has 0 bridgehead atoms. The number of rotatable bonds is 3. The molecule has 18 heavy (non-hydrogen) atoms. The average Bonchev–Trinajstić information content (AvgIpc) is 2.96. The summed E-state index contributed by atoms with van der Waals surface area (Å²) < 4.78 is 0. The lowest BCUT2D eigenvalue weighted by Gasteiger charge is -2.19. The summed E-state index contributed by atoms with van der Waals surface area (Å²) in [4.78, 5) is 15.6. The highest BCUT2D eigenvalue weighted by Gasteiger charge is 2.27. The average molecular weight is 264 g/mol. The first-order chi connectivity index (χ1) is 8.78. The molecule has 0 aliphatic heterocycles. The molecule has 2 aromatic rings. The Balaban J connectivity index is 1.92. The van der Waals surface area contributed by atoms with Crippen molar-refractivity contribution in [3.05, 3.63) is 6.33 Å². The van der Waals surface area contributed by atoms with Gasteiger partial charge in [0.15, 0.2) is 11.5 Å². The molecule has 1 aliphatic rings. The second-order valence-electron chi connectivity index (χ2n) is 4.49. The molecule has 0 spiro atoms. The molecule has 0 saturated heterocycles. The van der Waals surface area contributed by atoms with Gasteiger partial charge in [0.2, 0.25) is 5.95 Å². The van der Waals surface area contributed by atoms with E-state index in [9.17, 15) is 0 Å². The van der Waals surface area contributed by atoms with Crippen LogP contribution >= 0.6 is 11.8 Å². The Morgan fingerprint density at radius 1 is 1.44 bits per heavy atom. The van der Waals surface area contributed by atoms with Crippen molar-refractivity contribution in [2.45, 2.75) is 30.6 Å². The van der Waals surface area contributed by atoms with Crippen LogP contribution in [0, 0.1) is 0 Å². The molecule has 2 atom stereocenters. The number of hydrogen-bond acceptors (Lipinski definition) is 6. The minimum Gasteiger partial charge on any atom is -0.368 e. The third-order valence-corrected chi connectivity index (χ3v) is 4.55. The standard InChI is InChI=1S/C11H16N6S/c1-18-7-4-2-3-6(7)15-10-8-9(14-5-13-8)16-11(12)17-10/h5-7H,2-4H2,1H3,(H4,12,13,14,15,16,17). The molecule has 7 heteroatoms. The number of thioether (sulfide) groups is 1. The van der Waals surface area contributed by atoms with Crippen LogP contribution in [0.4, 0.5) is 11.8 Å². The van der Waals surface area contributed by atoms with Crippen LogP contribution in [0.5, 0.6) is 0 Å². The number of aromatic amines is 1. The third kappa shape index (κ3) is 1.98. The summed E-state index contributed by atoms with van der Waals surface area (Å²) in [7, 11) is 0. The van der Waals surface area contributed by atoms with Crippen molar-refractivity contribution < 1.29 is 0 Å². The fourth-order valence-corrected chi connectivity index (χ4v) is 3.44. The van der Waals surface area contributed by atoms with Gasteiger partial charge in [-0.2, -0.15) is 21.7 Å². The monoisotopic (exact) mass is 264 g/mol. The lowest BCUT2D eigenvalue weighted by Crippen LogP contribution is -2.26. The highest BCUT2D eigenvalue weighted by molar-refractivity contribution is 7.99. The first-order valence-electron chi connectivity index (χ1n) is 6.04. The fourth-order valence-electron chi connectivity index (χ4n) is 2.50. The van der Waals surface area contributed by atoms with Crippen molar-refractivity contribution in [3.63, 3.8) is 0 Å². The number of aromatic nitrogens is 4. The molecule has 0 aromatic carbocycles. The molecule has 2 unspecified atom stereocenters. The first-order valence-corrected chi connectivity index (χ1v) is 7.32. The molecule has 0 amide bonds. The molecular formula is C11H16N6S. The van der Waals surface area contributed by atoms with Crippen molar-refractivity contribution in [2.75, 3.05) is 17.3 Å². The zero-order valence-electron chi connectivity index (χ0n) is 10.2. The van der Waals surface area contributed by atoms with Gasteiger partial charge in [0.25, 0.3) is 0 Å². The molecule has 96 valence electrons. The Hall–Kier alpha value is -1.50. The first kappa shape index (κ1) is 11.6. The van der Waals surface area contributed by atoms with Crippen LogP contribution in [0.3, 0.4) is 0 Å². The van der Waals surface area contributed by atoms with E-state index in [-0.39, 0.29) is 5.95 Å². The number of H-pyrrole nitrogens is 1. The van der Waals surface area contributed by atoms with Gasteiger partial charge in [0.05, 0.1) is 6.33 Å². The van der Waals surface area contributed by atoms with Gasteiger partial charge in [0.1, 0.15) is 5.52 Å². The maximum absolute atomic E-state index is 5.70. The molecule has 1 aliphatic carbocycles. The summed E-state index contributed by atoms with van der Waals surface area (Å²) in [6.07, 6.45) is 7.46. The Bertz CT molecular complexity index is 553. The Labute approximate surface area is 109 Å². The highest BCUT2D eigenvalue weighted by atomic mass is 32.2. The second-order valence-corrected chi connectivity index (χ2v) is 5.56. The molecule has 4 N–H and O–H groups in total. The number of fused-ring (bicyclic) bond motifs is 1. The molecule has 6 nitrogen and oxygen atoms in total. The van der Waals surface area contributed by atoms with Crippen molar-refractivity contribution in [2.24, 2.45) is 0 Å². The van der Waals surface area contributed by atoms with Gasteiger partial charge in [0, 0.05) is 11.3 Å². The van der Waals surface area contributed by atoms with Crippen LogP contribution in [0.15, 0.2) is 6.33 Å². The number of nitrogens with zero attached hydrogens (tertiary/aromatic N) is 3. The normalized spacial score (nSPS) is 23.6. The third-order valence-electron chi connectivity index (χ3n) is 3.38. The number of hydrogen-bond donors (Lipinski definition) is 3. The van der Waals surface area contributed by atoms with E-state index >= 15 is 0 Å². The maximum atomic E-state index is 5.70. The number of imidazole rings is 1. The summed E-state index contributed by atoms with van der Waals surface area (Å²) in [5.41, 5.74) is 7.15. The maximum Gasteiger partial charge on any atom is 0.224 e. The van der Waals surface area contributed by atoms with Crippen LogP contribution in [0.2, 0.25) is 0 Å². The smallest absolute Gasteiger partial charge is 0.224 e. The van der Waals surface area contributed by atoms with E-state index in [1.807, 2.05) is 11.8 Å². The minimum atomic E-state index is 0.260. The van der Waals surface area contributed by atoms with Gasteiger partial charge in [-0.05, 0) is 19.1 Å². The van der Waals surface area contributed by atoms with E-state index in [2.05, 4.69) is 31.5 Å². The molecule has 0 radical (unpaired) electrons. The van der Waals surface area contributed by atoms with E-state index in [1.165, 1.54) is 19.3 Å². The zero-order chi connectivity index (χ0) is 12.5. The fraction of sp³-hybridized carbons (Fsp3) is 0.545. The number of nitrogens with two attached hydrogens (primary N) is 1. The van der Waals surface area contributed by atoms with Crippen LogP contribution < -0.4 is 11.1 Å². The van der Waals surface area contributed by atoms with E-state index in [1.54, 1.807) is 6.33 Å². The Morgan fingerprint density at radius 2 is 2.33 bits per heavy atom. The van der Waals surface area contributed by atoms with Crippen LogP contribution in [-0.4, -0.2) is 37.5 Å². The minimum absolute atomic E-state index is 0.260. The number of nitrogen functional groups attached to an aromatic ring is 1. The molecule has 2 heterocycles. The molecule has 3 rings (SSSR count). The zero-order valence-corrected chi connectivity index (χ0v) is 11.0. The lowest BCUT2D eigenvalue weighted by molar-refractivity contribution is 0.764. The predicted molar refractivity (Wildman–Crippen MR) is 74.7 cm³/mol. The number of nitrogens with one attached hydrogen (secondary N) is 2. The topological polar surface area (TPSA) is 92.5 Å². The highest BCUT2D eigenvalue weighted by Crippen LogP contribution is 2.31. The van der Waals surface area contributed by atoms with E-state index in [4.69, 9.17) is 5.73 Å². The molecular weight excluding hydrogens is 248 g/mol. The molecule has 1 fully saturated rings. The summed E-state index contributed by atoms with van der Waals surface area (Å²) in [5, 5.41) is 4.13. The summed E-state index contributed by atoms with van der Waals surface area (Å²) >= 11 is 1.91. The van der Waals surface area contributed by atoms with E-state index in [0.29, 0.717) is 16.9 Å². The quantitative estimate of drug-likeness (QED) is 0.780.